The predicted octanol–water partition coefficient (Wildman–Crippen LogP) is 3.54. The largest absolute Gasteiger partial charge is 0.272 e. The van der Waals surface area contributed by atoms with Crippen LogP contribution in [0.3, 0.4) is 0 Å². The van der Waals surface area contributed by atoms with Gasteiger partial charge in [-0.05, 0) is 25.8 Å². The van der Waals surface area contributed by atoms with E-state index in [-0.39, 0.29) is 5.41 Å². The molecule has 0 fully saturated rings. The third-order valence-electron chi connectivity index (χ3n) is 3.00. The van der Waals surface area contributed by atoms with Crippen molar-refractivity contribution < 1.29 is 0 Å². The zero-order chi connectivity index (χ0) is 12.2. The molecule has 1 rings (SSSR count). The first kappa shape index (κ1) is 13.9. The van der Waals surface area contributed by atoms with E-state index in [4.69, 9.17) is 23.2 Å². The molecular formula is C12H20Cl2N2. The van der Waals surface area contributed by atoms with E-state index in [1.807, 2.05) is 18.7 Å². The SMILES string of the molecule is CCCC(CCl)(CCl)Cc1cc(C)nn1C. The number of rotatable bonds is 6. The summed E-state index contributed by atoms with van der Waals surface area (Å²) in [5.41, 5.74) is 2.28. The average Bonchev–Trinajstić information content (AvgIpc) is 2.56. The second-order valence-electron chi connectivity index (χ2n) is 4.59. The second-order valence-corrected chi connectivity index (χ2v) is 5.13. The van der Waals surface area contributed by atoms with Crippen molar-refractivity contribution >= 4 is 23.2 Å². The Kier molecular flexibility index (Phi) is 5.13. The molecule has 4 heteroatoms. The maximum atomic E-state index is 6.10. The lowest BCUT2D eigenvalue weighted by molar-refractivity contribution is 0.332. The fraction of sp³-hybridized carbons (Fsp3) is 0.750. The minimum Gasteiger partial charge on any atom is -0.272 e. The van der Waals surface area contributed by atoms with Crippen molar-refractivity contribution in [2.45, 2.75) is 33.1 Å². The predicted molar refractivity (Wildman–Crippen MR) is 70.4 cm³/mol. The van der Waals surface area contributed by atoms with Gasteiger partial charge in [0.05, 0.1) is 5.69 Å². The van der Waals surface area contributed by atoms with Crippen LogP contribution in [0.15, 0.2) is 6.07 Å². The summed E-state index contributed by atoms with van der Waals surface area (Å²) in [5, 5.41) is 4.35. The van der Waals surface area contributed by atoms with E-state index < -0.39 is 0 Å². The van der Waals surface area contributed by atoms with Gasteiger partial charge in [-0.15, -0.1) is 23.2 Å². The molecule has 0 bridgehead atoms. The topological polar surface area (TPSA) is 17.8 Å². The van der Waals surface area contributed by atoms with Crippen LogP contribution in [0.25, 0.3) is 0 Å². The highest BCUT2D eigenvalue weighted by Gasteiger charge is 2.29. The molecule has 1 aromatic heterocycles. The maximum absolute atomic E-state index is 6.10. The molecule has 0 spiro atoms. The fourth-order valence-electron chi connectivity index (χ4n) is 2.10. The zero-order valence-corrected chi connectivity index (χ0v) is 11.8. The molecule has 92 valence electrons. The molecule has 0 N–H and O–H groups in total. The van der Waals surface area contributed by atoms with Gasteiger partial charge in [-0.2, -0.15) is 5.10 Å². The van der Waals surface area contributed by atoms with E-state index in [1.165, 1.54) is 5.69 Å². The first-order valence-corrected chi connectivity index (χ1v) is 6.75. The maximum Gasteiger partial charge on any atom is 0.0596 e. The van der Waals surface area contributed by atoms with Gasteiger partial charge in [-0.1, -0.05) is 13.3 Å². The highest BCUT2D eigenvalue weighted by atomic mass is 35.5. The third-order valence-corrected chi connectivity index (χ3v) is 4.14. The lowest BCUT2D eigenvalue weighted by Crippen LogP contribution is -2.29. The molecule has 0 aliphatic carbocycles. The summed E-state index contributed by atoms with van der Waals surface area (Å²) in [7, 11) is 1.97. The number of hydrogen-bond acceptors (Lipinski definition) is 1. The van der Waals surface area contributed by atoms with Gasteiger partial charge in [0.2, 0.25) is 0 Å². The monoisotopic (exact) mass is 262 g/mol. The summed E-state index contributed by atoms with van der Waals surface area (Å²) in [4.78, 5) is 0. The molecule has 0 saturated carbocycles. The standard InChI is InChI=1S/C12H20Cl2N2/c1-4-5-12(8-13,9-14)7-11-6-10(2)15-16(11)3/h6H,4-5,7-9H2,1-3H3. The van der Waals surface area contributed by atoms with Crippen LogP contribution < -0.4 is 0 Å². The molecular weight excluding hydrogens is 243 g/mol. The molecule has 0 unspecified atom stereocenters. The molecule has 0 radical (unpaired) electrons. The van der Waals surface area contributed by atoms with E-state index in [1.54, 1.807) is 0 Å². The molecule has 16 heavy (non-hydrogen) atoms. The van der Waals surface area contributed by atoms with Crippen LogP contribution in [0.5, 0.6) is 0 Å². The molecule has 2 nitrogen and oxygen atoms in total. The average molecular weight is 263 g/mol. The highest BCUT2D eigenvalue weighted by molar-refractivity contribution is 6.21. The summed E-state index contributed by atoms with van der Waals surface area (Å²) >= 11 is 12.2. The zero-order valence-electron chi connectivity index (χ0n) is 10.3. The molecule has 0 amide bonds. The van der Waals surface area contributed by atoms with E-state index >= 15 is 0 Å². The van der Waals surface area contributed by atoms with Crippen molar-refractivity contribution in [3.63, 3.8) is 0 Å². The van der Waals surface area contributed by atoms with E-state index in [2.05, 4.69) is 18.1 Å². The van der Waals surface area contributed by atoms with Gasteiger partial charge in [-0.25, -0.2) is 0 Å². The Morgan fingerprint density at radius 1 is 1.38 bits per heavy atom. The Labute approximate surface area is 108 Å². The molecule has 0 saturated heterocycles. The Bertz CT molecular complexity index is 330. The molecule has 0 atom stereocenters. The molecule has 1 heterocycles. The minimum atomic E-state index is 0.0120. The van der Waals surface area contributed by atoms with Crippen LogP contribution >= 0.6 is 23.2 Å². The number of alkyl halides is 2. The second kappa shape index (κ2) is 5.92. The van der Waals surface area contributed by atoms with E-state index in [9.17, 15) is 0 Å². The summed E-state index contributed by atoms with van der Waals surface area (Å²) in [5.74, 6) is 1.21. The first-order valence-electron chi connectivity index (χ1n) is 5.68. The molecule has 0 aliphatic heterocycles. The van der Waals surface area contributed by atoms with Crippen molar-refractivity contribution in [1.82, 2.24) is 9.78 Å². The van der Waals surface area contributed by atoms with Gasteiger partial charge in [0.15, 0.2) is 0 Å². The van der Waals surface area contributed by atoms with Crippen molar-refractivity contribution in [2.75, 3.05) is 11.8 Å². The van der Waals surface area contributed by atoms with Gasteiger partial charge in [0, 0.05) is 29.9 Å². The van der Waals surface area contributed by atoms with Crippen molar-refractivity contribution in [1.29, 1.82) is 0 Å². The quantitative estimate of drug-likeness (QED) is 0.718. The summed E-state index contributed by atoms with van der Waals surface area (Å²) in [6.07, 6.45) is 3.08. The van der Waals surface area contributed by atoms with Gasteiger partial charge in [0.1, 0.15) is 0 Å². The van der Waals surface area contributed by atoms with Gasteiger partial charge in [-0.3, -0.25) is 4.68 Å². The van der Waals surface area contributed by atoms with Crippen molar-refractivity contribution in [2.24, 2.45) is 12.5 Å². The number of nitrogens with zero attached hydrogens (tertiary/aromatic N) is 2. The number of aromatic nitrogens is 2. The fourth-order valence-corrected chi connectivity index (χ4v) is 2.84. The summed E-state index contributed by atoms with van der Waals surface area (Å²) < 4.78 is 1.93. The van der Waals surface area contributed by atoms with Crippen LogP contribution in [0, 0.1) is 12.3 Å². The normalized spacial score (nSPS) is 12.1. The third kappa shape index (κ3) is 3.14. The Balaban J connectivity index is 2.86. The van der Waals surface area contributed by atoms with Gasteiger partial charge >= 0.3 is 0 Å². The van der Waals surface area contributed by atoms with Crippen LogP contribution in [0.2, 0.25) is 0 Å². The lowest BCUT2D eigenvalue weighted by atomic mass is 9.83. The number of aryl methyl sites for hydroxylation is 2. The Hall–Kier alpha value is -0.210. The first-order chi connectivity index (χ1) is 7.56. The molecule has 1 aromatic rings. The summed E-state index contributed by atoms with van der Waals surface area (Å²) in [6.45, 7) is 4.18. The van der Waals surface area contributed by atoms with Crippen LogP contribution in [0.1, 0.15) is 31.2 Å². The number of hydrogen-bond donors (Lipinski definition) is 0. The van der Waals surface area contributed by atoms with Crippen LogP contribution in [-0.4, -0.2) is 21.5 Å². The van der Waals surface area contributed by atoms with Gasteiger partial charge in [0.25, 0.3) is 0 Å². The van der Waals surface area contributed by atoms with E-state index in [0.29, 0.717) is 11.8 Å². The smallest absolute Gasteiger partial charge is 0.0596 e. The summed E-state index contributed by atoms with van der Waals surface area (Å²) in [6, 6.07) is 2.11. The minimum absolute atomic E-state index is 0.0120. The Morgan fingerprint density at radius 2 is 2.00 bits per heavy atom. The highest BCUT2D eigenvalue weighted by Crippen LogP contribution is 2.31. The molecule has 0 aliphatic rings. The van der Waals surface area contributed by atoms with Crippen LogP contribution in [-0.2, 0) is 13.5 Å². The van der Waals surface area contributed by atoms with Crippen LogP contribution in [0.4, 0.5) is 0 Å². The van der Waals surface area contributed by atoms with E-state index in [0.717, 1.165) is 25.0 Å². The molecule has 0 aromatic carbocycles. The van der Waals surface area contributed by atoms with Crippen molar-refractivity contribution in [3.8, 4) is 0 Å². The number of halogens is 2. The van der Waals surface area contributed by atoms with Gasteiger partial charge < -0.3 is 0 Å². The lowest BCUT2D eigenvalue weighted by Gasteiger charge is -2.29. The van der Waals surface area contributed by atoms with Crippen molar-refractivity contribution in [3.05, 3.63) is 17.5 Å². The Morgan fingerprint density at radius 3 is 2.38 bits per heavy atom.